The Morgan fingerprint density at radius 3 is 2.67 bits per heavy atom. The van der Waals surface area contributed by atoms with Crippen LogP contribution in [0.3, 0.4) is 0 Å². The van der Waals surface area contributed by atoms with E-state index < -0.39 is 0 Å². The van der Waals surface area contributed by atoms with Gasteiger partial charge in [0.2, 0.25) is 0 Å². The van der Waals surface area contributed by atoms with Crippen molar-refractivity contribution in [3.05, 3.63) is 42.2 Å². The molecule has 1 aromatic heterocycles. The maximum atomic E-state index is 12.4. The fourth-order valence-corrected chi connectivity index (χ4v) is 3.55. The van der Waals surface area contributed by atoms with Gasteiger partial charge in [0, 0.05) is 24.7 Å². The van der Waals surface area contributed by atoms with Crippen LogP contribution in [-0.2, 0) is 0 Å². The number of pyridine rings is 1. The third-order valence-electron chi connectivity index (χ3n) is 4.81. The topological polar surface area (TPSA) is 45.2 Å². The summed E-state index contributed by atoms with van der Waals surface area (Å²) in [7, 11) is 0. The van der Waals surface area contributed by atoms with Gasteiger partial charge < -0.3 is 5.32 Å². The minimum absolute atomic E-state index is 0.0571. The van der Waals surface area contributed by atoms with Crippen LogP contribution in [0.15, 0.2) is 36.5 Å². The Bertz CT molecular complexity index is 677. The lowest BCUT2D eigenvalue weighted by Crippen LogP contribution is -2.56. The third-order valence-corrected chi connectivity index (χ3v) is 4.81. The third kappa shape index (κ3) is 2.40. The van der Waals surface area contributed by atoms with Crippen molar-refractivity contribution in [2.45, 2.75) is 25.4 Å². The molecule has 3 aliphatic heterocycles. The molecule has 1 atom stereocenters. The fraction of sp³-hybridized carbons (Fsp3) is 0.412. The van der Waals surface area contributed by atoms with Crippen LogP contribution in [-0.4, -0.2) is 35.0 Å². The summed E-state index contributed by atoms with van der Waals surface area (Å²) in [5.74, 6) is 0.725. The maximum Gasteiger partial charge on any atom is 0.271 e. The number of carbonyl (C=O) groups excluding carboxylic acids is 1. The van der Waals surface area contributed by atoms with Crippen LogP contribution >= 0.6 is 0 Å². The molecule has 1 N–H and O–H groups in total. The molecular formula is C17H19N3O. The highest BCUT2D eigenvalue weighted by Crippen LogP contribution is 2.30. The summed E-state index contributed by atoms with van der Waals surface area (Å²) in [6.45, 7) is 2.22. The number of nitrogens with zero attached hydrogens (tertiary/aromatic N) is 2. The second kappa shape index (κ2) is 5.11. The van der Waals surface area contributed by atoms with Gasteiger partial charge >= 0.3 is 0 Å². The number of amides is 1. The summed E-state index contributed by atoms with van der Waals surface area (Å²) in [6, 6.07) is 9.86. The summed E-state index contributed by atoms with van der Waals surface area (Å²) < 4.78 is 0. The highest BCUT2D eigenvalue weighted by atomic mass is 16.2. The summed E-state index contributed by atoms with van der Waals surface area (Å²) in [6.07, 6.45) is 5.61. The molecule has 0 saturated carbocycles. The largest absolute Gasteiger partial charge is 0.335 e. The van der Waals surface area contributed by atoms with Crippen LogP contribution in [0.5, 0.6) is 0 Å². The average Bonchev–Trinajstić information content (AvgIpc) is 2.55. The molecule has 0 unspecified atom stereocenters. The molecule has 4 nitrogen and oxygen atoms in total. The Morgan fingerprint density at radius 1 is 1.19 bits per heavy atom. The first-order valence-electron chi connectivity index (χ1n) is 7.69. The number of fused-ring (bicyclic) bond motifs is 4. The Kier molecular flexibility index (Phi) is 3.11. The quantitative estimate of drug-likeness (QED) is 0.919. The molecule has 0 aliphatic carbocycles. The molecule has 3 aliphatic rings. The van der Waals surface area contributed by atoms with Gasteiger partial charge in [0.05, 0.1) is 6.17 Å². The lowest BCUT2D eigenvalue weighted by molar-refractivity contribution is 0.0293. The van der Waals surface area contributed by atoms with Crippen molar-refractivity contribution in [3.8, 4) is 0 Å². The molecule has 3 saturated heterocycles. The number of rotatable bonds is 2. The van der Waals surface area contributed by atoms with Gasteiger partial charge in [-0.15, -0.1) is 0 Å². The number of nitrogens with one attached hydrogen (secondary N) is 1. The Balaban J connectivity index is 1.53. The van der Waals surface area contributed by atoms with E-state index in [0.29, 0.717) is 5.69 Å². The minimum atomic E-state index is -0.0571. The van der Waals surface area contributed by atoms with Crippen LogP contribution in [0.2, 0.25) is 0 Å². The van der Waals surface area contributed by atoms with Gasteiger partial charge in [0.25, 0.3) is 5.91 Å². The Morgan fingerprint density at radius 2 is 1.95 bits per heavy atom. The molecule has 4 heterocycles. The van der Waals surface area contributed by atoms with Crippen LogP contribution in [0.25, 0.3) is 10.8 Å². The number of hydrogen-bond donors (Lipinski definition) is 1. The van der Waals surface area contributed by atoms with Crippen LogP contribution in [0, 0.1) is 5.92 Å². The SMILES string of the molecule is O=C(N[C@@H]1CC2CCN1CC2)c1cc2ccccc2cn1. The van der Waals surface area contributed by atoms with E-state index >= 15 is 0 Å². The van der Waals surface area contributed by atoms with Gasteiger partial charge in [-0.05, 0) is 36.6 Å². The molecule has 4 heteroatoms. The van der Waals surface area contributed by atoms with Gasteiger partial charge in [0.15, 0.2) is 0 Å². The van der Waals surface area contributed by atoms with E-state index in [1.165, 1.54) is 12.8 Å². The Hall–Kier alpha value is -1.94. The molecule has 5 rings (SSSR count). The first-order chi connectivity index (χ1) is 10.3. The number of benzene rings is 1. The van der Waals surface area contributed by atoms with Crippen molar-refractivity contribution in [2.24, 2.45) is 5.92 Å². The number of piperidine rings is 3. The molecular weight excluding hydrogens is 262 g/mol. The molecule has 2 aromatic rings. The zero-order valence-corrected chi connectivity index (χ0v) is 12.0. The van der Waals surface area contributed by atoms with Crippen LogP contribution in [0.4, 0.5) is 0 Å². The van der Waals surface area contributed by atoms with Crippen molar-refractivity contribution < 1.29 is 4.79 Å². The number of carbonyl (C=O) groups is 1. The standard InChI is InChI=1S/C17H19N3O/c21-17(19-16-9-12-5-7-20(16)8-6-12)15-10-13-3-1-2-4-14(13)11-18-15/h1-4,10-12,16H,5-9H2,(H,19,21)/t16-/m0/s1. The fourth-order valence-electron chi connectivity index (χ4n) is 3.55. The van der Waals surface area contributed by atoms with E-state index in [1.807, 2.05) is 30.3 Å². The monoisotopic (exact) mass is 281 g/mol. The van der Waals surface area contributed by atoms with Crippen molar-refractivity contribution in [1.82, 2.24) is 15.2 Å². The summed E-state index contributed by atoms with van der Waals surface area (Å²) >= 11 is 0. The van der Waals surface area contributed by atoms with E-state index in [4.69, 9.17) is 0 Å². The minimum Gasteiger partial charge on any atom is -0.335 e. The lowest BCUT2D eigenvalue weighted by atomic mass is 9.86. The van der Waals surface area contributed by atoms with E-state index in [1.54, 1.807) is 6.20 Å². The van der Waals surface area contributed by atoms with E-state index in [-0.39, 0.29) is 12.1 Å². The highest BCUT2D eigenvalue weighted by Gasteiger charge is 2.34. The van der Waals surface area contributed by atoms with Gasteiger partial charge in [-0.2, -0.15) is 0 Å². The molecule has 0 radical (unpaired) electrons. The normalized spacial score (nSPS) is 27.7. The predicted octanol–water partition coefficient (Wildman–Crippen LogP) is 2.41. The molecule has 108 valence electrons. The molecule has 3 fully saturated rings. The second-order valence-corrected chi connectivity index (χ2v) is 6.12. The molecule has 1 aromatic carbocycles. The molecule has 1 amide bonds. The van der Waals surface area contributed by atoms with Gasteiger partial charge in [-0.3, -0.25) is 14.7 Å². The molecule has 0 spiro atoms. The van der Waals surface area contributed by atoms with Crippen molar-refractivity contribution in [1.29, 1.82) is 0 Å². The predicted molar refractivity (Wildman–Crippen MR) is 81.9 cm³/mol. The first kappa shape index (κ1) is 12.8. The van der Waals surface area contributed by atoms with Crippen molar-refractivity contribution in [2.75, 3.05) is 13.1 Å². The zero-order valence-electron chi connectivity index (χ0n) is 12.0. The maximum absolute atomic E-state index is 12.4. The summed E-state index contributed by atoms with van der Waals surface area (Å²) in [5, 5.41) is 5.28. The summed E-state index contributed by atoms with van der Waals surface area (Å²) in [5.41, 5.74) is 0.511. The Labute approximate surface area is 124 Å². The van der Waals surface area contributed by atoms with Gasteiger partial charge in [-0.1, -0.05) is 24.3 Å². The first-order valence-corrected chi connectivity index (χ1v) is 7.69. The molecule has 2 bridgehead atoms. The van der Waals surface area contributed by atoms with E-state index in [9.17, 15) is 4.79 Å². The number of hydrogen-bond acceptors (Lipinski definition) is 3. The van der Waals surface area contributed by atoms with Crippen molar-refractivity contribution >= 4 is 16.7 Å². The highest BCUT2D eigenvalue weighted by molar-refractivity contribution is 5.96. The zero-order chi connectivity index (χ0) is 14.2. The smallest absolute Gasteiger partial charge is 0.271 e. The van der Waals surface area contributed by atoms with E-state index in [0.717, 1.165) is 36.2 Å². The second-order valence-electron chi connectivity index (χ2n) is 6.12. The van der Waals surface area contributed by atoms with Crippen LogP contribution in [0.1, 0.15) is 29.8 Å². The van der Waals surface area contributed by atoms with Crippen LogP contribution < -0.4 is 5.32 Å². The summed E-state index contributed by atoms with van der Waals surface area (Å²) in [4.78, 5) is 19.1. The lowest BCUT2D eigenvalue weighted by Gasteiger charge is -2.45. The molecule has 21 heavy (non-hydrogen) atoms. The van der Waals surface area contributed by atoms with Gasteiger partial charge in [-0.25, -0.2) is 0 Å². The number of aromatic nitrogens is 1. The van der Waals surface area contributed by atoms with Gasteiger partial charge in [0.1, 0.15) is 5.69 Å². The average molecular weight is 281 g/mol. The van der Waals surface area contributed by atoms with Crippen molar-refractivity contribution in [3.63, 3.8) is 0 Å². The van der Waals surface area contributed by atoms with E-state index in [2.05, 4.69) is 15.2 Å².